The summed E-state index contributed by atoms with van der Waals surface area (Å²) in [5.74, 6) is 0.0321. The van der Waals surface area contributed by atoms with Crippen LogP contribution in [0.15, 0.2) is 51.2 Å². The number of phenolic OH excluding ortho intramolecular Hbond substituents is 1. The molecule has 0 aromatic heterocycles. The van der Waals surface area contributed by atoms with Crippen LogP contribution in [0.1, 0.15) is 12.5 Å². The van der Waals surface area contributed by atoms with Gasteiger partial charge in [-0.1, -0.05) is 28.1 Å². The average molecular weight is 383 g/mol. The summed E-state index contributed by atoms with van der Waals surface area (Å²) < 4.78 is 0.752. The summed E-state index contributed by atoms with van der Waals surface area (Å²) in [4.78, 5) is 0. The first-order chi connectivity index (χ1) is 11.3. The quantitative estimate of drug-likeness (QED) is 0.675. The van der Waals surface area contributed by atoms with Crippen molar-refractivity contribution < 1.29 is 10.2 Å². The Morgan fingerprint density at radius 1 is 1.25 bits per heavy atom. The largest absolute Gasteiger partial charge is 0.507 e. The van der Waals surface area contributed by atoms with Crippen LogP contribution < -0.4 is 5.32 Å². The molecule has 1 aliphatic rings. The van der Waals surface area contributed by atoms with E-state index in [1.165, 1.54) is 25.1 Å². The smallest absolute Gasteiger partial charge is 0.160 e. The maximum atomic E-state index is 10.5. The van der Waals surface area contributed by atoms with Crippen molar-refractivity contribution in [3.05, 3.63) is 56.7 Å². The summed E-state index contributed by atoms with van der Waals surface area (Å²) >= 11 is 3.29. The van der Waals surface area contributed by atoms with Gasteiger partial charge in [0.1, 0.15) is 24.0 Å². The Kier molecular flexibility index (Phi) is 4.76. The molecular formula is C17H11BrN4O2. The molecule has 1 aromatic rings. The molecule has 6 nitrogen and oxygen atoms in total. The Morgan fingerprint density at radius 3 is 2.50 bits per heavy atom. The monoisotopic (exact) mass is 382 g/mol. The van der Waals surface area contributed by atoms with Gasteiger partial charge >= 0.3 is 0 Å². The molecule has 0 fully saturated rings. The van der Waals surface area contributed by atoms with Gasteiger partial charge in [0, 0.05) is 15.6 Å². The second-order valence-electron chi connectivity index (χ2n) is 5.11. The standard InChI is InChI=1S/C17H11BrN4O2/c1-17(24)14(4-2-10-6-12(18)3-5-15(10)23)13(9-21)16(22-17)11(7-19)8-20/h2-6,22-24H,1H3/b4-2+. The zero-order chi connectivity index (χ0) is 17.9. The van der Waals surface area contributed by atoms with Gasteiger partial charge in [-0.2, -0.15) is 15.8 Å². The molecule has 0 saturated heterocycles. The number of phenols is 1. The summed E-state index contributed by atoms with van der Waals surface area (Å²) in [7, 11) is 0. The minimum atomic E-state index is -1.63. The molecule has 0 saturated carbocycles. The van der Waals surface area contributed by atoms with Gasteiger partial charge in [-0.05, 0) is 25.1 Å². The lowest BCUT2D eigenvalue weighted by Crippen LogP contribution is -2.38. The van der Waals surface area contributed by atoms with E-state index >= 15 is 0 Å². The Labute approximate surface area is 147 Å². The van der Waals surface area contributed by atoms with Crippen molar-refractivity contribution >= 4 is 22.0 Å². The molecule has 3 N–H and O–H groups in total. The van der Waals surface area contributed by atoms with Crippen LogP contribution in [0.3, 0.4) is 0 Å². The molecule has 0 amide bonds. The molecule has 0 aliphatic carbocycles. The van der Waals surface area contributed by atoms with E-state index in [-0.39, 0.29) is 28.2 Å². The van der Waals surface area contributed by atoms with Crippen molar-refractivity contribution in [1.82, 2.24) is 5.32 Å². The van der Waals surface area contributed by atoms with E-state index in [0.717, 1.165) is 4.47 Å². The van der Waals surface area contributed by atoms with Crippen LogP contribution in [0.4, 0.5) is 0 Å². The number of nitrogens with one attached hydrogen (secondary N) is 1. The van der Waals surface area contributed by atoms with Crippen molar-refractivity contribution in [3.63, 3.8) is 0 Å². The third kappa shape index (κ3) is 3.16. The van der Waals surface area contributed by atoms with Gasteiger partial charge in [-0.3, -0.25) is 0 Å². The maximum Gasteiger partial charge on any atom is 0.160 e. The summed E-state index contributed by atoms with van der Waals surface area (Å²) in [6, 6.07) is 10.1. The molecule has 2 rings (SSSR count). The number of aromatic hydroxyl groups is 1. The van der Waals surface area contributed by atoms with E-state index in [9.17, 15) is 15.5 Å². The third-order valence-electron chi connectivity index (χ3n) is 3.42. The van der Waals surface area contributed by atoms with E-state index in [2.05, 4.69) is 21.2 Å². The Morgan fingerprint density at radius 2 is 1.92 bits per heavy atom. The number of aliphatic hydroxyl groups is 1. The van der Waals surface area contributed by atoms with Crippen LogP contribution in [-0.2, 0) is 0 Å². The van der Waals surface area contributed by atoms with Gasteiger partial charge < -0.3 is 15.5 Å². The first kappa shape index (κ1) is 17.3. The molecule has 0 bridgehead atoms. The molecule has 1 aliphatic heterocycles. The fraction of sp³-hybridized carbons (Fsp3) is 0.118. The molecule has 1 aromatic carbocycles. The molecule has 24 heavy (non-hydrogen) atoms. The second-order valence-corrected chi connectivity index (χ2v) is 6.02. The molecule has 1 atom stereocenters. The van der Waals surface area contributed by atoms with E-state index in [1.54, 1.807) is 24.3 Å². The highest BCUT2D eigenvalue weighted by atomic mass is 79.9. The zero-order valence-electron chi connectivity index (χ0n) is 12.5. The van der Waals surface area contributed by atoms with Crippen molar-refractivity contribution in [2.75, 3.05) is 0 Å². The lowest BCUT2D eigenvalue weighted by Gasteiger charge is -2.20. The number of halogens is 1. The minimum Gasteiger partial charge on any atom is -0.507 e. The van der Waals surface area contributed by atoms with Gasteiger partial charge in [-0.15, -0.1) is 0 Å². The third-order valence-corrected chi connectivity index (χ3v) is 3.91. The molecular weight excluding hydrogens is 372 g/mol. The number of nitriles is 3. The van der Waals surface area contributed by atoms with Gasteiger partial charge in [-0.25, -0.2) is 0 Å². The summed E-state index contributed by atoms with van der Waals surface area (Å²) in [5.41, 5.74) is -1.25. The van der Waals surface area contributed by atoms with Crippen molar-refractivity contribution in [2.45, 2.75) is 12.6 Å². The Bertz CT molecular complexity index is 905. The van der Waals surface area contributed by atoms with Crippen LogP contribution >= 0.6 is 15.9 Å². The normalized spacial score (nSPS) is 19.6. The average Bonchev–Trinajstić information content (AvgIpc) is 2.79. The molecule has 0 spiro atoms. The number of allylic oxidation sites excluding steroid dienone is 2. The van der Waals surface area contributed by atoms with E-state index in [1.807, 2.05) is 6.07 Å². The van der Waals surface area contributed by atoms with Gasteiger partial charge in [0.2, 0.25) is 0 Å². The van der Waals surface area contributed by atoms with E-state index in [0.29, 0.717) is 5.56 Å². The molecule has 0 radical (unpaired) electrons. The highest BCUT2D eigenvalue weighted by Crippen LogP contribution is 2.34. The van der Waals surface area contributed by atoms with Crippen LogP contribution in [-0.4, -0.2) is 15.9 Å². The van der Waals surface area contributed by atoms with Crippen molar-refractivity contribution in [1.29, 1.82) is 15.8 Å². The summed E-state index contributed by atoms with van der Waals surface area (Å²) in [6.45, 7) is 1.41. The summed E-state index contributed by atoms with van der Waals surface area (Å²) in [6.07, 6.45) is 3.00. The van der Waals surface area contributed by atoms with Crippen LogP contribution in [0.5, 0.6) is 5.75 Å². The fourth-order valence-corrected chi connectivity index (χ4v) is 2.65. The molecule has 1 unspecified atom stereocenters. The summed E-state index contributed by atoms with van der Waals surface area (Å²) in [5, 5.41) is 50.3. The SMILES string of the molecule is CC1(O)NC(=C(C#N)C#N)C(C#N)=C1/C=C/c1cc(Br)ccc1O. The zero-order valence-corrected chi connectivity index (χ0v) is 14.1. The van der Waals surface area contributed by atoms with Gasteiger partial charge in [0.05, 0.1) is 11.3 Å². The highest BCUT2D eigenvalue weighted by molar-refractivity contribution is 9.10. The Balaban J connectivity index is 2.60. The van der Waals surface area contributed by atoms with Crippen LogP contribution in [0.25, 0.3) is 6.08 Å². The van der Waals surface area contributed by atoms with Gasteiger partial charge in [0.15, 0.2) is 11.3 Å². The highest BCUT2D eigenvalue weighted by Gasteiger charge is 2.38. The van der Waals surface area contributed by atoms with Crippen molar-refractivity contribution in [3.8, 4) is 24.0 Å². The predicted octanol–water partition coefficient (Wildman–Crippen LogP) is 2.60. The minimum absolute atomic E-state index is 0.00355. The number of hydrogen-bond acceptors (Lipinski definition) is 6. The Hall–Kier alpha value is -3.05. The number of nitrogens with zero attached hydrogens (tertiary/aromatic N) is 3. The number of hydrogen-bond donors (Lipinski definition) is 3. The molecule has 7 heteroatoms. The fourth-order valence-electron chi connectivity index (χ4n) is 2.27. The first-order valence-electron chi connectivity index (χ1n) is 6.71. The lowest BCUT2D eigenvalue weighted by atomic mass is 10.0. The lowest BCUT2D eigenvalue weighted by molar-refractivity contribution is 0.0851. The van der Waals surface area contributed by atoms with E-state index < -0.39 is 5.72 Å². The topological polar surface area (TPSA) is 124 Å². The maximum absolute atomic E-state index is 10.5. The second kappa shape index (κ2) is 6.60. The number of benzene rings is 1. The van der Waals surface area contributed by atoms with Gasteiger partial charge in [0.25, 0.3) is 0 Å². The molecule has 1 heterocycles. The van der Waals surface area contributed by atoms with E-state index in [4.69, 9.17) is 10.5 Å². The molecule has 118 valence electrons. The number of rotatable bonds is 2. The van der Waals surface area contributed by atoms with Crippen molar-refractivity contribution in [2.24, 2.45) is 0 Å². The van der Waals surface area contributed by atoms with Crippen LogP contribution in [0.2, 0.25) is 0 Å². The first-order valence-corrected chi connectivity index (χ1v) is 7.50. The van der Waals surface area contributed by atoms with Crippen LogP contribution in [0, 0.1) is 34.0 Å². The predicted molar refractivity (Wildman–Crippen MR) is 89.5 cm³/mol.